The number of hydrogen-bond donors (Lipinski definition) is 2. The summed E-state index contributed by atoms with van der Waals surface area (Å²) in [5.74, 6) is 1.44. The van der Waals surface area contributed by atoms with Crippen molar-refractivity contribution in [2.75, 3.05) is 19.5 Å². The van der Waals surface area contributed by atoms with Gasteiger partial charge in [0.05, 0.1) is 36.5 Å². The molecule has 0 fully saturated rings. The van der Waals surface area contributed by atoms with E-state index in [1.165, 1.54) is 32.4 Å². The number of H-pyrrole nitrogens is 1. The van der Waals surface area contributed by atoms with Crippen LogP contribution in [0.3, 0.4) is 0 Å². The second kappa shape index (κ2) is 6.08. The highest BCUT2D eigenvalue weighted by molar-refractivity contribution is 5.83. The first kappa shape index (κ1) is 17.0. The van der Waals surface area contributed by atoms with E-state index >= 15 is 0 Å². The summed E-state index contributed by atoms with van der Waals surface area (Å²) in [4.78, 5) is 8.57. The predicted molar refractivity (Wildman–Crippen MR) is 92.7 cm³/mol. The molecule has 0 aliphatic carbocycles. The fraction of sp³-hybridized carbons (Fsp3) is 0.176. The van der Waals surface area contributed by atoms with Crippen molar-refractivity contribution in [3.05, 3.63) is 42.0 Å². The second-order valence-corrected chi connectivity index (χ2v) is 5.68. The van der Waals surface area contributed by atoms with Gasteiger partial charge in [-0.25, -0.2) is 9.50 Å². The number of para-hydroxylation sites is 1. The number of fused-ring (bicyclic) bond motifs is 3. The summed E-state index contributed by atoms with van der Waals surface area (Å²) >= 11 is 0. The van der Waals surface area contributed by atoms with Crippen LogP contribution in [0.5, 0.6) is 11.5 Å². The van der Waals surface area contributed by atoms with Crippen molar-refractivity contribution < 1.29 is 22.6 Å². The number of alkyl halides is 3. The number of aromatic nitrogens is 4. The van der Waals surface area contributed by atoms with Crippen LogP contribution in [0.2, 0.25) is 0 Å². The molecule has 2 heterocycles. The van der Waals surface area contributed by atoms with Gasteiger partial charge in [-0.1, -0.05) is 12.1 Å². The lowest BCUT2D eigenvalue weighted by molar-refractivity contribution is -0.136. The Hall–Kier alpha value is -3.43. The van der Waals surface area contributed by atoms with Crippen molar-refractivity contribution >= 4 is 28.4 Å². The Kier molecular flexibility index (Phi) is 3.83. The fourth-order valence-electron chi connectivity index (χ4n) is 2.83. The Morgan fingerprint density at radius 3 is 2.44 bits per heavy atom. The summed E-state index contributed by atoms with van der Waals surface area (Å²) < 4.78 is 51.5. The minimum Gasteiger partial charge on any atom is -0.493 e. The van der Waals surface area contributed by atoms with Gasteiger partial charge in [-0.15, -0.1) is 0 Å². The van der Waals surface area contributed by atoms with E-state index in [1.807, 2.05) is 0 Å². The van der Waals surface area contributed by atoms with E-state index in [0.717, 1.165) is 6.07 Å². The van der Waals surface area contributed by atoms with E-state index in [1.54, 1.807) is 16.6 Å². The topological polar surface area (TPSA) is 76.5 Å². The van der Waals surface area contributed by atoms with E-state index < -0.39 is 11.7 Å². The van der Waals surface area contributed by atoms with Crippen molar-refractivity contribution in [3.63, 3.8) is 0 Å². The largest absolute Gasteiger partial charge is 0.493 e. The fourth-order valence-corrected chi connectivity index (χ4v) is 2.83. The summed E-state index contributed by atoms with van der Waals surface area (Å²) in [5.41, 5.74) is 0.363. The van der Waals surface area contributed by atoms with Gasteiger partial charge in [0.1, 0.15) is 0 Å². The molecule has 2 aromatic carbocycles. The van der Waals surface area contributed by atoms with Gasteiger partial charge in [-0.3, -0.25) is 5.10 Å². The van der Waals surface area contributed by atoms with Gasteiger partial charge in [0.2, 0.25) is 5.95 Å². The SMILES string of the molecule is COc1cc2nc3nc(Nc4ccccc4C(F)(F)F)[nH]n3c2cc1OC. The molecule has 0 spiro atoms. The van der Waals surface area contributed by atoms with Crippen LogP contribution in [0, 0.1) is 0 Å². The number of nitrogens with one attached hydrogen (secondary N) is 2. The highest BCUT2D eigenvalue weighted by Crippen LogP contribution is 2.36. The number of halogens is 3. The smallest absolute Gasteiger partial charge is 0.418 e. The molecule has 4 aromatic rings. The predicted octanol–water partition coefficient (Wildman–Crippen LogP) is 3.99. The van der Waals surface area contributed by atoms with Crippen LogP contribution >= 0.6 is 0 Å². The number of hydrogen-bond acceptors (Lipinski definition) is 5. The third kappa shape index (κ3) is 2.88. The molecule has 0 amide bonds. The van der Waals surface area contributed by atoms with Gasteiger partial charge in [0.15, 0.2) is 11.5 Å². The third-order valence-electron chi connectivity index (χ3n) is 4.06. The molecule has 0 atom stereocenters. The van der Waals surface area contributed by atoms with Gasteiger partial charge in [-0.2, -0.15) is 18.2 Å². The molecule has 0 aliphatic rings. The zero-order chi connectivity index (χ0) is 19.2. The summed E-state index contributed by atoms with van der Waals surface area (Å²) in [6.45, 7) is 0. The monoisotopic (exact) mass is 377 g/mol. The van der Waals surface area contributed by atoms with Gasteiger partial charge in [-0.05, 0) is 12.1 Å². The van der Waals surface area contributed by atoms with Crippen LogP contribution in [0.15, 0.2) is 36.4 Å². The van der Waals surface area contributed by atoms with Crippen LogP contribution in [0.1, 0.15) is 5.56 Å². The maximum atomic E-state index is 13.1. The number of anilines is 2. The quantitative estimate of drug-likeness (QED) is 0.562. The lowest BCUT2D eigenvalue weighted by Gasteiger charge is -2.12. The van der Waals surface area contributed by atoms with Crippen molar-refractivity contribution in [1.82, 2.24) is 19.6 Å². The standard InChI is InChI=1S/C17H14F3N5O2/c1-26-13-7-11-12(8-14(13)27-2)25-16(22-11)23-15(24-25)21-10-6-4-3-5-9(10)17(18,19)20/h3-8H,1-2H3,(H2,21,22,23,24). The Balaban J connectivity index is 1.77. The highest BCUT2D eigenvalue weighted by Gasteiger charge is 2.33. The molecule has 0 radical (unpaired) electrons. The summed E-state index contributed by atoms with van der Waals surface area (Å²) in [7, 11) is 3.03. The number of benzene rings is 2. The van der Waals surface area contributed by atoms with E-state index in [0.29, 0.717) is 28.3 Å². The molecule has 27 heavy (non-hydrogen) atoms. The van der Waals surface area contributed by atoms with Crippen molar-refractivity contribution in [3.8, 4) is 11.5 Å². The van der Waals surface area contributed by atoms with Crippen molar-refractivity contribution in [2.45, 2.75) is 6.18 Å². The average Bonchev–Trinajstić information content (AvgIpc) is 3.16. The first-order valence-corrected chi connectivity index (χ1v) is 7.84. The minimum absolute atomic E-state index is 0.106. The first-order chi connectivity index (χ1) is 12.9. The molecule has 7 nitrogen and oxygen atoms in total. The maximum absolute atomic E-state index is 13.1. The van der Waals surface area contributed by atoms with Gasteiger partial charge >= 0.3 is 6.18 Å². The van der Waals surface area contributed by atoms with Crippen LogP contribution in [-0.4, -0.2) is 33.8 Å². The lowest BCUT2D eigenvalue weighted by Crippen LogP contribution is -2.09. The molecule has 2 N–H and O–H groups in total. The van der Waals surface area contributed by atoms with E-state index in [-0.39, 0.29) is 11.6 Å². The van der Waals surface area contributed by atoms with Crippen LogP contribution in [-0.2, 0) is 6.18 Å². The molecule has 0 bridgehead atoms. The van der Waals surface area contributed by atoms with Gasteiger partial charge < -0.3 is 14.8 Å². The zero-order valence-electron chi connectivity index (χ0n) is 14.3. The van der Waals surface area contributed by atoms with E-state index in [2.05, 4.69) is 20.4 Å². The number of aromatic amines is 1. The Bertz CT molecular complexity index is 1130. The highest BCUT2D eigenvalue weighted by atomic mass is 19.4. The Morgan fingerprint density at radius 2 is 1.74 bits per heavy atom. The van der Waals surface area contributed by atoms with Crippen molar-refractivity contribution in [1.29, 1.82) is 0 Å². The van der Waals surface area contributed by atoms with E-state index in [9.17, 15) is 13.2 Å². The normalized spacial score (nSPS) is 11.9. The molecular formula is C17H14F3N5O2. The average molecular weight is 377 g/mol. The lowest BCUT2D eigenvalue weighted by atomic mass is 10.1. The molecule has 2 aromatic heterocycles. The number of nitrogens with zero attached hydrogens (tertiary/aromatic N) is 3. The van der Waals surface area contributed by atoms with Crippen molar-refractivity contribution in [2.24, 2.45) is 0 Å². The molecule has 0 aliphatic heterocycles. The Morgan fingerprint density at radius 1 is 1.04 bits per heavy atom. The van der Waals surface area contributed by atoms with Crippen LogP contribution in [0.4, 0.5) is 24.8 Å². The number of imidazole rings is 1. The molecular weight excluding hydrogens is 363 g/mol. The Labute approximate surface area is 150 Å². The molecule has 0 unspecified atom stereocenters. The van der Waals surface area contributed by atoms with Crippen LogP contribution < -0.4 is 14.8 Å². The van der Waals surface area contributed by atoms with Gasteiger partial charge in [0, 0.05) is 12.1 Å². The molecule has 0 saturated carbocycles. The van der Waals surface area contributed by atoms with Gasteiger partial charge in [0.25, 0.3) is 5.78 Å². The maximum Gasteiger partial charge on any atom is 0.418 e. The first-order valence-electron chi connectivity index (χ1n) is 7.84. The zero-order valence-corrected chi connectivity index (χ0v) is 14.3. The number of rotatable bonds is 4. The van der Waals surface area contributed by atoms with Crippen LogP contribution in [0.25, 0.3) is 16.8 Å². The summed E-state index contributed by atoms with van der Waals surface area (Å²) in [6, 6.07) is 8.58. The second-order valence-electron chi connectivity index (χ2n) is 5.68. The molecule has 4 rings (SSSR count). The molecule has 10 heteroatoms. The minimum atomic E-state index is -4.48. The summed E-state index contributed by atoms with van der Waals surface area (Å²) in [5, 5.41) is 5.57. The third-order valence-corrected chi connectivity index (χ3v) is 4.06. The molecule has 0 saturated heterocycles. The number of ether oxygens (including phenoxy) is 2. The molecule has 140 valence electrons. The van der Waals surface area contributed by atoms with E-state index in [4.69, 9.17) is 9.47 Å². The summed E-state index contributed by atoms with van der Waals surface area (Å²) in [6.07, 6.45) is -4.48. The number of methoxy groups -OCH3 is 2.